The first kappa shape index (κ1) is 27.1. The summed E-state index contributed by atoms with van der Waals surface area (Å²) in [6, 6.07) is 15.0. The number of carbonyl (C=O) groups excluding carboxylic acids is 1. The van der Waals surface area contributed by atoms with Crippen LogP contribution in [0.25, 0.3) is 0 Å². The molecule has 1 amide bonds. The number of benzene rings is 3. The molecule has 3 aromatic rings. The van der Waals surface area contributed by atoms with Crippen LogP contribution in [-0.2, 0) is 24.8 Å². The third-order valence-corrected chi connectivity index (χ3v) is 9.46. The molecule has 0 radical (unpaired) electrons. The number of sulfonamides is 2. The minimum Gasteiger partial charge on any atom is -0.379 e. The van der Waals surface area contributed by atoms with E-state index in [2.05, 4.69) is 10.0 Å². The molecule has 0 aliphatic carbocycles. The molecule has 9 nitrogen and oxygen atoms in total. The molecule has 0 atom stereocenters. The molecule has 1 aliphatic heterocycles. The Labute approximate surface area is 221 Å². The van der Waals surface area contributed by atoms with Gasteiger partial charge in [-0.1, -0.05) is 23.7 Å². The fourth-order valence-electron chi connectivity index (χ4n) is 3.74. The summed E-state index contributed by atoms with van der Waals surface area (Å²) in [6.07, 6.45) is 0. The molecule has 1 aliphatic rings. The lowest BCUT2D eigenvalue weighted by molar-refractivity contribution is 0.0730. The highest BCUT2D eigenvalue weighted by Gasteiger charge is 2.27. The lowest BCUT2D eigenvalue weighted by atomic mass is 10.1. The van der Waals surface area contributed by atoms with Gasteiger partial charge in [-0.15, -0.1) is 0 Å². The number of carbonyl (C=O) groups is 1. The van der Waals surface area contributed by atoms with Crippen LogP contribution in [0.2, 0.25) is 5.02 Å². The second kappa shape index (κ2) is 10.8. The SMILES string of the molecule is Cc1ccc(C)c(NS(=O)(=O)c2ccc(NC(=O)c3cc(S(=O)(=O)N4CCOCC4)ccc3Cl)cc2)c1. The Bertz CT molecular complexity index is 1540. The van der Waals surface area contributed by atoms with E-state index >= 15 is 0 Å². The van der Waals surface area contributed by atoms with Crippen molar-refractivity contribution < 1.29 is 26.4 Å². The van der Waals surface area contributed by atoms with Gasteiger partial charge in [0.15, 0.2) is 0 Å². The Kier molecular flexibility index (Phi) is 7.91. The van der Waals surface area contributed by atoms with Gasteiger partial charge in [-0.2, -0.15) is 4.31 Å². The van der Waals surface area contributed by atoms with Gasteiger partial charge in [0.2, 0.25) is 10.0 Å². The van der Waals surface area contributed by atoms with E-state index in [4.69, 9.17) is 16.3 Å². The van der Waals surface area contributed by atoms with Crippen molar-refractivity contribution in [3.63, 3.8) is 0 Å². The smallest absolute Gasteiger partial charge is 0.261 e. The first-order chi connectivity index (χ1) is 17.5. The fraction of sp³-hybridized carbons (Fsp3) is 0.240. The van der Waals surface area contributed by atoms with Crippen LogP contribution in [0.3, 0.4) is 0 Å². The number of ether oxygens (including phenoxy) is 1. The zero-order chi connectivity index (χ0) is 26.8. The highest BCUT2D eigenvalue weighted by atomic mass is 35.5. The largest absolute Gasteiger partial charge is 0.379 e. The highest BCUT2D eigenvalue weighted by Crippen LogP contribution is 2.26. The van der Waals surface area contributed by atoms with Crippen LogP contribution in [0.1, 0.15) is 21.5 Å². The average molecular weight is 564 g/mol. The van der Waals surface area contributed by atoms with E-state index in [0.717, 1.165) is 11.1 Å². The quantitative estimate of drug-likeness (QED) is 0.447. The third kappa shape index (κ3) is 6.13. The molecule has 196 valence electrons. The van der Waals surface area contributed by atoms with Crippen LogP contribution in [0.5, 0.6) is 0 Å². The number of rotatable bonds is 7. The molecule has 37 heavy (non-hydrogen) atoms. The summed E-state index contributed by atoms with van der Waals surface area (Å²) >= 11 is 6.20. The molecule has 0 spiro atoms. The van der Waals surface area contributed by atoms with Crippen molar-refractivity contribution in [3.05, 3.63) is 82.4 Å². The predicted octanol–water partition coefficient (Wildman–Crippen LogP) is 4.03. The van der Waals surface area contributed by atoms with Gasteiger partial charge in [-0.3, -0.25) is 9.52 Å². The number of nitrogens with zero attached hydrogens (tertiary/aromatic N) is 1. The van der Waals surface area contributed by atoms with Crippen LogP contribution in [-0.4, -0.2) is 53.4 Å². The van der Waals surface area contributed by atoms with E-state index in [9.17, 15) is 21.6 Å². The number of anilines is 2. The van der Waals surface area contributed by atoms with Gasteiger partial charge >= 0.3 is 0 Å². The maximum Gasteiger partial charge on any atom is 0.261 e. The maximum absolute atomic E-state index is 13.0. The Hall–Kier alpha value is -2.96. The molecule has 12 heteroatoms. The number of morpholine rings is 1. The summed E-state index contributed by atoms with van der Waals surface area (Å²) in [5, 5.41) is 2.71. The summed E-state index contributed by atoms with van der Waals surface area (Å²) in [5.41, 5.74) is 2.48. The molecule has 2 N–H and O–H groups in total. The summed E-state index contributed by atoms with van der Waals surface area (Å²) < 4.78 is 60.7. The minimum atomic E-state index is -3.85. The van der Waals surface area contributed by atoms with Crippen LogP contribution < -0.4 is 10.0 Å². The molecule has 0 saturated carbocycles. The summed E-state index contributed by atoms with van der Waals surface area (Å²) in [4.78, 5) is 12.9. The van der Waals surface area contributed by atoms with Gasteiger partial charge in [0.05, 0.1) is 39.3 Å². The third-order valence-electron chi connectivity index (χ3n) is 5.85. The van der Waals surface area contributed by atoms with Crippen LogP contribution in [0.4, 0.5) is 11.4 Å². The second-order valence-corrected chi connectivity index (χ2v) is 12.6. The molecule has 0 unspecified atom stereocenters. The molecule has 0 aromatic heterocycles. The van der Waals surface area contributed by atoms with Crippen molar-refractivity contribution in [3.8, 4) is 0 Å². The molecule has 1 saturated heterocycles. The van der Waals surface area contributed by atoms with E-state index in [1.807, 2.05) is 26.0 Å². The van der Waals surface area contributed by atoms with Crippen molar-refractivity contribution in [2.24, 2.45) is 0 Å². The lowest BCUT2D eigenvalue weighted by Gasteiger charge is -2.26. The van der Waals surface area contributed by atoms with Gasteiger partial charge in [0, 0.05) is 18.8 Å². The Balaban J connectivity index is 1.51. The lowest BCUT2D eigenvalue weighted by Crippen LogP contribution is -2.40. The van der Waals surface area contributed by atoms with Gasteiger partial charge in [-0.05, 0) is 73.5 Å². The standard InChI is InChI=1S/C25H26ClN3O6S2/c1-17-3-4-18(2)24(15-17)28-36(31,32)20-7-5-19(6-8-20)27-25(30)22-16-21(9-10-23(22)26)37(33,34)29-11-13-35-14-12-29/h3-10,15-16,28H,11-14H2,1-2H3,(H,27,30). The van der Waals surface area contributed by atoms with Gasteiger partial charge in [0.25, 0.3) is 15.9 Å². The summed E-state index contributed by atoms with van der Waals surface area (Å²) in [5.74, 6) is -0.631. The van der Waals surface area contributed by atoms with Crippen LogP contribution in [0, 0.1) is 13.8 Å². The number of hydrogen-bond donors (Lipinski definition) is 2. The van der Waals surface area contributed by atoms with E-state index in [-0.39, 0.29) is 33.5 Å². The van der Waals surface area contributed by atoms with Crippen LogP contribution >= 0.6 is 11.6 Å². The minimum absolute atomic E-state index is 0.0167. The summed E-state index contributed by atoms with van der Waals surface area (Å²) in [7, 11) is -7.67. The predicted molar refractivity (Wildman–Crippen MR) is 142 cm³/mol. The molecule has 3 aromatic carbocycles. The van der Waals surface area contributed by atoms with Crippen molar-refractivity contribution in [2.45, 2.75) is 23.6 Å². The van der Waals surface area contributed by atoms with Crippen molar-refractivity contribution in [2.75, 3.05) is 36.3 Å². The van der Waals surface area contributed by atoms with E-state index in [1.54, 1.807) is 6.07 Å². The highest BCUT2D eigenvalue weighted by molar-refractivity contribution is 7.92. The number of halogens is 1. The molecule has 1 fully saturated rings. The summed E-state index contributed by atoms with van der Waals surface area (Å²) in [6.45, 7) is 4.72. The average Bonchev–Trinajstić information content (AvgIpc) is 2.87. The Morgan fingerprint density at radius 3 is 2.22 bits per heavy atom. The van der Waals surface area contributed by atoms with E-state index in [0.29, 0.717) is 24.6 Å². The normalized spacial score (nSPS) is 14.8. The zero-order valence-corrected chi connectivity index (χ0v) is 22.6. The molecular weight excluding hydrogens is 538 g/mol. The van der Waals surface area contributed by atoms with Gasteiger partial charge in [-0.25, -0.2) is 16.8 Å². The molecule has 4 rings (SSSR count). The van der Waals surface area contributed by atoms with E-state index < -0.39 is 26.0 Å². The van der Waals surface area contributed by atoms with Gasteiger partial charge in [0.1, 0.15) is 0 Å². The van der Waals surface area contributed by atoms with Crippen LogP contribution in [0.15, 0.2) is 70.5 Å². The molecule has 1 heterocycles. The number of amides is 1. The zero-order valence-electron chi connectivity index (χ0n) is 20.2. The molecular formula is C25H26ClN3O6S2. The van der Waals surface area contributed by atoms with E-state index in [1.165, 1.54) is 46.8 Å². The fourth-order valence-corrected chi connectivity index (χ4v) is 6.50. The first-order valence-corrected chi connectivity index (χ1v) is 14.7. The number of aryl methyl sites for hydroxylation is 2. The first-order valence-electron chi connectivity index (χ1n) is 11.4. The van der Waals surface area contributed by atoms with Crippen molar-refractivity contribution >= 4 is 48.9 Å². The number of nitrogens with one attached hydrogen (secondary N) is 2. The van der Waals surface area contributed by atoms with Crippen molar-refractivity contribution in [1.82, 2.24) is 4.31 Å². The Morgan fingerprint density at radius 2 is 1.54 bits per heavy atom. The van der Waals surface area contributed by atoms with Crippen molar-refractivity contribution in [1.29, 1.82) is 0 Å². The molecule has 0 bridgehead atoms. The number of hydrogen-bond acceptors (Lipinski definition) is 6. The topological polar surface area (TPSA) is 122 Å². The maximum atomic E-state index is 13.0. The second-order valence-electron chi connectivity index (χ2n) is 8.56. The Morgan fingerprint density at radius 1 is 0.892 bits per heavy atom. The van der Waals surface area contributed by atoms with Gasteiger partial charge < -0.3 is 10.1 Å². The monoisotopic (exact) mass is 563 g/mol.